The first-order valence-electron chi connectivity index (χ1n) is 4.12. The van der Waals surface area contributed by atoms with Crippen molar-refractivity contribution in [2.24, 2.45) is 0 Å². The van der Waals surface area contributed by atoms with Gasteiger partial charge < -0.3 is 14.9 Å². The molecule has 76 valence electrons. The molecule has 0 saturated heterocycles. The van der Waals surface area contributed by atoms with Crippen LogP contribution >= 0.6 is 15.9 Å². The number of aromatic amines is 1. The lowest BCUT2D eigenvalue weighted by atomic mass is 10.1. The maximum absolute atomic E-state index is 11.7. The number of benzene rings is 1. The topological polar surface area (TPSA) is 73.0 Å². The minimum atomic E-state index is -1.47. The zero-order valence-electron chi connectivity index (χ0n) is 7.41. The largest absolute Gasteiger partial charge is 0.545 e. The van der Waals surface area contributed by atoms with Gasteiger partial charge in [0.2, 0.25) is 0 Å². The number of carbonyl (C=O) groups excluding carboxylic acids is 1. The number of carboxylic acid groups (broad SMARTS) is 1. The van der Waals surface area contributed by atoms with Gasteiger partial charge in [0.15, 0.2) is 5.43 Å². The molecule has 15 heavy (non-hydrogen) atoms. The Morgan fingerprint density at radius 2 is 2.13 bits per heavy atom. The van der Waals surface area contributed by atoms with Crippen molar-refractivity contribution in [2.75, 3.05) is 0 Å². The average molecular weight is 267 g/mol. The van der Waals surface area contributed by atoms with E-state index in [0.29, 0.717) is 10.9 Å². The molecule has 2 rings (SSSR count). The molecule has 0 aliphatic rings. The second kappa shape index (κ2) is 3.51. The van der Waals surface area contributed by atoms with Gasteiger partial charge in [-0.2, -0.15) is 0 Å². The van der Waals surface area contributed by atoms with Gasteiger partial charge in [0, 0.05) is 21.6 Å². The zero-order valence-corrected chi connectivity index (χ0v) is 9.00. The summed E-state index contributed by atoms with van der Waals surface area (Å²) in [5.74, 6) is -1.47. The lowest BCUT2D eigenvalue weighted by molar-refractivity contribution is -0.255. The number of carboxylic acids is 1. The van der Waals surface area contributed by atoms with Gasteiger partial charge in [-0.05, 0) is 18.2 Å². The highest BCUT2D eigenvalue weighted by atomic mass is 79.9. The number of H-pyrrole nitrogens is 1. The smallest absolute Gasteiger partial charge is 0.198 e. The summed E-state index contributed by atoms with van der Waals surface area (Å²) in [6.45, 7) is 0. The summed E-state index contributed by atoms with van der Waals surface area (Å²) >= 11 is 3.21. The number of aromatic carboxylic acids is 1. The van der Waals surface area contributed by atoms with Crippen LogP contribution in [0.1, 0.15) is 10.4 Å². The summed E-state index contributed by atoms with van der Waals surface area (Å²) in [4.78, 5) is 25.0. The van der Waals surface area contributed by atoms with Crippen LogP contribution in [-0.2, 0) is 0 Å². The summed E-state index contributed by atoms with van der Waals surface area (Å²) in [5, 5.41) is 10.9. The van der Waals surface area contributed by atoms with Gasteiger partial charge in [-0.1, -0.05) is 15.9 Å². The molecule has 0 bridgehead atoms. The third-order valence-electron chi connectivity index (χ3n) is 2.06. The molecule has 0 saturated carbocycles. The van der Waals surface area contributed by atoms with Crippen molar-refractivity contribution in [3.05, 3.63) is 44.7 Å². The molecule has 4 nitrogen and oxygen atoms in total. The molecule has 2 aromatic rings. The summed E-state index contributed by atoms with van der Waals surface area (Å²) in [5.41, 5.74) is -0.307. The second-order valence-electron chi connectivity index (χ2n) is 3.01. The Hall–Kier alpha value is -1.62. The predicted octanol–water partition coefficient (Wildman–Crippen LogP) is 0.654. The fraction of sp³-hybridized carbons (Fsp3) is 0. The molecule has 1 N–H and O–H groups in total. The summed E-state index contributed by atoms with van der Waals surface area (Å²) in [6.07, 6.45) is 1.15. The number of carbonyl (C=O) groups is 1. The third-order valence-corrected chi connectivity index (χ3v) is 2.56. The van der Waals surface area contributed by atoms with Crippen LogP contribution in [0.25, 0.3) is 10.9 Å². The molecule has 0 radical (unpaired) electrons. The van der Waals surface area contributed by atoms with Gasteiger partial charge >= 0.3 is 0 Å². The molecule has 1 aromatic carbocycles. The van der Waals surface area contributed by atoms with Gasteiger partial charge in [0.05, 0.1) is 11.5 Å². The van der Waals surface area contributed by atoms with Crippen molar-refractivity contribution in [2.45, 2.75) is 0 Å². The summed E-state index contributed by atoms with van der Waals surface area (Å²) in [7, 11) is 0. The van der Waals surface area contributed by atoms with Crippen LogP contribution in [0.15, 0.2) is 33.7 Å². The molecule has 5 heteroatoms. The number of fused-ring (bicyclic) bond motifs is 1. The SMILES string of the molecule is O=C([O-])c1c[nH]c2ccc(Br)cc2c1=O. The zero-order chi connectivity index (χ0) is 11.0. The Bertz CT molecular complexity index is 603. The highest BCUT2D eigenvalue weighted by molar-refractivity contribution is 9.10. The molecule has 0 amide bonds. The van der Waals surface area contributed by atoms with Crippen molar-refractivity contribution in [1.82, 2.24) is 4.98 Å². The molecule has 0 spiro atoms. The second-order valence-corrected chi connectivity index (χ2v) is 3.92. The normalized spacial score (nSPS) is 10.5. The fourth-order valence-corrected chi connectivity index (χ4v) is 1.70. The van der Waals surface area contributed by atoms with E-state index in [-0.39, 0.29) is 5.56 Å². The summed E-state index contributed by atoms with van der Waals surface area (Å²) in [6, 6.07) is 5.03. The molecular formula is C10H5BrNO3-. The Morgan fingerprint density at radius 3 is 2.80 bits per heavy atom. The van der Waals surface area contributed by atoms with Gasteiger partial charge in [0.25, 0.3) is 0 Å². The Kier molecular flexibility index (Phi) is 2.32. The molecule has 0 atom stereocenters. The maximum Gasteiger partial charge on any atom is 0.198 e. The molecule has 0 aliphatic heterocycles. The van der Waals surface area contributed by atoms with E-state index < -0.39 is 11.4 Å². The number of aromatic nitrogens is 1. The monoisotopic (exact) mass is 266 g/mol. The van der Waals surface area contributed by atoms with E-state index in [1.165, 1.54) is 0 Å². The van der Waals surface area contributed by atoms with Crippen LogP contribution < -0.4 is 10.5 Å². The molecule has 0 fully saturated rings. The van der Waals surface area contributed by atoms with E-state index >= 15 is 0 Å². The van der Waals surface area contributed by atoms with Crippen molar-refractivity contribution in [1.29, 1.82) is 0 Å². The number of pyridine rings is 1. The first kappa shape index (κ1) is 9.92. The Labute approximate surface area is 92.7 Å². The number of hydrogen-bond acceptors (Lipinski definition) is 3. The highest BCUT2D eigenvalue weighted by Crippen LogP contribution is 2.15. The molecule has 1 heterocycles. The van der Waals surface area contributed by atoms with Crippen LogP contribution in [0.2, 0.25) is 0 Å². The Balaban J connectivity index is 2.89. The Morgan fingerprint density at radius 1 is 1.40 bits per heavy atom. The maximum atomic E-state index is 11.7. The van der Waals surface area contributed by atoms with Crippen LogP contribution in [-0.4, -0.2) is 11.0 Å². The van der Waals surface area contributed by atoms with Crippen LogP contribution in [0, 0.1) is 0 Å². The van der Waals surface area contributed by atoms with E-state index in [4.69, 9.17) is 0 Å². The standard InChI is InChI=1S/C10H6BrNO3/c11-5-1-2-8-6(3-5)9(13)7(4-12-8)10(14)15/h1-4H,(H,12,13)(H,14,15)/p-1. The minimum absolute atomic E-state index is 0.325. The van der Waals surface area contributed by atoms with E-state index in [0.717, 1.165) is 10.7 Å². The van der Waals surface area contributed by atoms with Crippen molar-refractivity contribution < 1.29 is 9.90 Å². The van der Waals surface area contributed by atoms with Crippen LogP contribution in [0.5, 0.6) is 0 Å². The van der Waals surface area contributed by atoms with Crippen molar-refractivity contribution in [3.63, 3.8) is 0 Å². The minimum Gasteiger partial charge on any atom is -0.545 e. The van der Waals surface area contributed by atoms with Crippen LogP contribution in [0.3, 0.4) is 0 Å². The van der Waals surface area contributed by atoms with Crippen LogP contribution in [0.4, 0.5) is 0 Å². The number of rotatable bonds is 1. The van der Waals surface area contributed by atoms with E-state index in [1.54, 1.807) is 18.2 Å². The predicted molar refractivity (Wildman–Crippen MR) is 56.6 cm³/mol. The van der Waals surface area contributed by atoms with E-state index in [1.807, 2.05) is 0 Å². The highest BCUT2D eigenvalue weighted by Gasteiger charge is 2.05. The number of hydrogen-bond donors (Lipinski definition) is 1. The van der Waals surface area contributed by atoms with Crippen molar-refractivity contribution >= 4 is 32.8 Å². The molecule has 0 unspecified atom stereocenters. The van der Waals surface area contributed by atoms with E-state index in [2.05, 4.69) is 20.9 Å². The molecular weight excluding hydrogens is 262 g/mol. The lowest BCUT2D eigenvalue weighted by Crippen LogP contribution is -2.29. The first-order valence-corrected chi connectivity index (χ1v) is 4.91. The quantitative estimate of drug-likeness (QED) is 0.824. The number of nitrogens with one attached hydrogen (secondary N) is 1. The number of halogens is 1. The lowest BCUT2D eigenvalue weighted by Gasteiger charge is -2.03. The first-order chi connectivity index (χ1) is 7.09. The summed E-state index contributed by atoms with van der Waals surface area (Å²) < 4.78 is 0.719. The van der Waals surface area contributed by atoms with E-state index in [9.17, 15) is 14.7 Å². The average Bonchev–Trinajstić information content (AvgIpc) is 2.19. The fourth-order valence-electron chi connectivity index (χ4n) is 1.34. The van der Waals surface area contributed by atoms with Gasteiger partial charge in [-0.3, -0.25) is 4.79 Å². The van der Waals surface area contributed by atoms with Gasteiger partial charge in [0.1, 0.15) is 0 Å². The van der Waals surface area contributed by atoms with Gasteiger partial charge in [-0.15, -0.1) is 0 Å². The van der Waals surface area contributed by atoms with Crippen molar-refractivity contribution in [3.8, 4) is 0 Å². The van der Waals surface area contributed by atoms with Gasteiger partial charge in [-0.25, -0.2) is 0 Å². The molecule has 1 aromatic heterocycles. The third kappa shape index (κ3) is 1.66. The molecule has 0 aliphatic carbocycles.